The lowest BCUT2D eigenvalue weighted by Gasteiger charge is -2.11. The SMILES string of the molecule is O=C(CSc1ncnc2sc3c(c12)CCCC3)Nc1ccc(-c2ccccc2)cc1. The van der Waals surface area contributed by atoms with Crippen LogP contribution in [0.4, 0.5) is 5.69 Å². The minimum Gasteiger partial charge on any atom is -0.325 e. The molecule has 2 aromatic carbocycles. The third-order valence-corrected chi connectivity index (χ3v) is 7.52. The highest BCUT2D eigenvalue weighted by molar-refractivity contribution is 8.00. The summed E-state index contributed by atoms with van der Waals surface area (Å²) in [4.78, 5) is 24.0. The number of nitrogens with zero attached hydrogens (tertiary/aromatic N) is 2. The van der Waals surface area contributed by atoms with Gasteiger partial charge in [-0.25, -0.2) is 9.97 Å². The first-order valence-corrected chi connectivity index (χ1v) is 11.9. The minimum absolute atomic E-state index is 0.0247. The predicted molar refractivity (Wildman–Crippen MR) is 125 cm³/mol. The Hall–Kier alpha value is -2.70. The summed E-state index contributed by atoms with van der Waals surface area (Å²) in [5.74, 6) is 0.306. The summed E-state index contributed by atoms with van der Waals surface area (Å²) < 4.78 is 0. The van der Waals surface area contributed by atoms with Crippen molar-refractivity contribution in [1.29, 1.82) is 0 Å². The first kappa shape index (κ1) is 19.3. The molecular weight excluding hydrogens is 410 g/mol. The lowest BCUT2D eigenvalue weighted by molar-refractivity contribution is -0.113. The van der Waals surface area contributed by atoms with Gasteiger partial charge in [0.1, 0.15) is 16.2 Å². The van der Waals surface area contributed by atoms with E-state index in [0.29, 0.717) is 5.75 Å². The van der Waals surface area contributed by atoms with E-state index in [1.165, 1.54) is 40.4 Å². The second-order valence-corrected chi connectivity index (χ2v) is 9.40. The van der Waals surface area contributed by atoms with E-state index in [-0.39, 0.29) is 5.91 Å². The van der Waals surface area contributed by atoms with Crippen LogP contribution in [0.25, 0.3) is 21.3 Å². The number of thioether (sulfide) groups is 1. The lowest BCUT2D eigenvalue weighted by Crippen LogP contribution is -2.14. The van der Waals surface area contributed by atoms with E-state index in [2.05, 4.69) is 27.4 Å². The van der Waals surface area contributed by atoms with Gasteiger partial charge in [0, 0.05) is 16.0 Å². The molecule has 0 radical (unpaired) electrons. The van der Waals surface area contributed by atoms with Gasteiger partial charge < -0.3 is 5.32 Å². The van der Waals surface area contributed by atoms with Gasteiger partial charge in [-0.2, -0.15) is 0 Å². The smallest absolute Gasteiger partial charge is 0.234 e. The fourth-order valence-electron chi connectivity index (χ4n) is 3.88. The van der Waals surface area contributed by atoms with Crippen LogP contribution in [0, 0.1) is 0 Å². The van der Waals surface area contributed by atoms with Crippen molar-refractivity contribution in [1.82, 2.24) is 9.97 Å². The Labute approximate surface area is 183 Å². The van der Waals surface area contributed by atoms with Gasteiger partial charge in [0.15, 0.2) is 0 Å². The maximum absolute atomic E-state index is 12.5. The molecule has 150 valence electrons. The Morgan fingerprint density at radius 3 is 2.57 bits per heavy atom. The van der Waals surface area contributed by atoms with Gasteiger partial charge in [-0.15, -0.1) is 11.3 Å². The average molecular weight is 432 g/mol. The Kier molecular flexibility index (Phi) is 5.51. The number of aromatic nitrogens is 2. The van der Waals surface area contributed by atoms with Gasteiger partial charge >= 0.3 is 0 Å². The minimum atomic E-state index is -0.0247. The van der Waals surface area contributed by atoms with Crippen LogP contribution >= 0.6 is 23.1 Å². The number of hydrogen-bond donors (Lipinski definition) is 1. The number of anilines is 1. The molecule has 0 saturated heterocycles. The summed E-state index contributed by atoms with van der Waals surface area (Å²) in [5.41, 5.74) is 4.51. The maximum atomic E-state index is 12.5. The molecule has 1 N–H and O–H groups in total. The number of nitrogens with one attached hydrogen (secondary N) is 1. The van der Waals surface area contributed by atoms with Crippen LogP contribution in [0.5, 0.6) is 0 Å². The highest BCUT2D eigenvalue weighted by atomic mass is 32.2. The largest absolute Gasteiger partial charge is 0.325 e. The predicted octanol–water partition coefficient (Wildman–Crippen LogP) is 5.97. The van der Waals surface area contributed by atoms with Crippen LogP contribution in [0.2, 0.25) is 0 Å². The second kappa shape index (κ2) is 8.58. The average Bonchev–Trinajstić information content (AvgIpc) is 3.18. The number of thiophene rings is 1. The normalized spacial score (nSPS) is 13.2. The van der Waals surface area contributed by atoms with Gasteiger partial charge in [0.05, 0.1) is 5.75 Å². The van der Waals surface area contributed by atoms with Gasteiger partial charge in [0.25, 0.3) is 0 Å². The molecule has 2 aromatic heterocycles. The van der Waals surface area contributed by atoms with Crippen LogP contribution < -0.4 is 5.32 Å². The number of hydrogen-bond acceptors (Lipinski definition) is 5. The van der Waals surface area contributed by atoms with E-state index < -0.39 is 0 Å². The van der Waals surface area contributed by atoms with E-state index in [1.54, 1.807) is 17.7 Å². The molecule has 0 unspecified atom stereocenters. The van der Waals surface area contributed by atoms with Crippen molar-refractivity contribution in [3.05, 3.63) is 71.4 Å². The highest BCUT2D eigenvalue weighted by Gasteiger charge is 2.20. The number of rotatable bonds is 5. The molecule has 0 aliphatic heterocycles. The van der Waals surface area contributed by atoms with Gasteiger partial charge in [0.2, 0.25) is 5.91 Å². The van der Waals surface area contributed by atoms with Crippen molar-refractivity contribution in [3.8, 4) is 11.1 Å². The number of aryl methyl sites for hydroxylation is 2. The molecule has 0 bridgehead atoms. The van der Waals surface area contributed by atoms with Crippen LogP contribution in [0.15, 0.2) is 66.0 Å². The molecule has 1 aliphatic carbocycles. The topological polar surface area (TPSA) is 54.9 Å². The number of amides is 1. The molecular formula is C24H21N3OS2. The molecule has 6 heteroatoms. The standard InChI is InChI=1S/C24H21N3OS2/c28-21(27-18-12-10-17(11-13-18)16-6-2-1-3-7-16)14-29-23-22-19-8-4-5-9-20(19)30-24(22)26-15-25-23/h1-3,6-7,10-13,15H,4-5,8-9,14H2,(H,27,28). The molecule has 0 atom stereocenters. The Balaban J connectivity index is 1.26. The van der Waals surface area contributed by atoms with E-state index in [9.17, 15) is 4.79 Å². The quantitative estimate of drug-likeness (QED) is 0.312. The van der Waals surface area contributed by atoms with E-state index in [1.807, 2.05) is 42.5 Å². The second-order valence-electron chi connectivity index (χ2n) is 7.35. The van der Waals surface area contributed by atoms with E-state index in [4.69, 9.17) is 0 Å². The molecule has 4 aromatic rings. The van der Waals surface area contributed by atoms with Crippen molar-refractivity contribution in [2.75, 3.05) is 11.1 Å². The number of fused-ring (bicyclic) bond motifs is 3. The summed E-state index contributed by atoms with van der Waals surface area (Å²) in [7, 11) is 0. The summed E-state index contributed by atoms with van der Waals surface area (Å²) in [6.07, 6.45) is 6.32. The van der Waals surface area contributed by atoms with Crippen molar-refractivity contribution < 1.29 is 4.79 Å². The van der Waals surface area contributed by atoms with Gasteiger partial charge in [-0.1, -0.05) is 54.2 Å². The molecule has 4 nitrogen and oxygen atoms in total. The van der Waals surface area contributed by atoms with Crippen molar-refractivity contribution in [2.45, 2.75) is 30.7 Å². The Morgan fingerprint density at radius 2 is 1.73 bits per heavy atom. The monoisotopic (exact) mass is 431 g/mol. The number of carbonyl (C=O) groups excluding carboxylic acids is 1. The zero-order valence-corrected chi connectivity index (χ0v) is 18.1. The Morgan fingerprint density at radius 1 is 0.967 bits per heavy atom. The van der Waals surface area contributed by atoms with Gasteiger partial charge in [-0.3, -0.25) is 4.79 Å². The molecule has 0 spiro atoms. The third-order valence-electron chi connectivity index (χ3n) is 5.33. The van der Waals surface area contributed by atoms with E-state index in [0.717, 1.165) is 39.5 Å². The molecule has 1 aliphatic rings. The molecule has 5 rings (SSSR count). The molecule has 0 saturated carbocycles. The van der Waals surface area contributed by atoms with Crippen LogP contribution in [-0.4, -0.2) is 21.6 Å². The number of carbonyl (C=O) groups is 1. The fraction of sp³-hybridized carbons (Fsp3) is 0.208. The summed E-state index contributed by atoms with van der Waals surface area (Å²) in [6.45, 7) is 0. The lowest BCUT2D eigenvalue weighted by atomic mass is 9.97. The summed E-state index contributed by atoms with van der Waals surface area (Å²) in [6, 6.07) is 18.2. The zero-order valence-electron chi connectivity index (χ0n) is 16.4. The first-order valence-electron chi connectivity index (χ1n) is 10.1. The van der Waals surface area contributed by atoms with Crippen LogP contribution in [-0.2, 0) is 17.6 Å². The summed E-state index contributed by atoms with van der Waals surface area (Å²) in [5, 5.41) is 5.09. The molecule has 30 heavy (non-hydrogen) atoms. The van der Waals surface area contributed by atoms with Crippen LogP contribution in [0.1, 0.15) is 23.3 Å². The van der Waals surface area contributed by atoms with E-state index >= 15 is 0 Å². The molecule has 1 amide bonds. The van der Waals surface area contributed by atoms with Crippen molar-refractivity contribution in [2.24, 2.45) is 0 Å². The molecule has 2 heterocycles. The van der Waals surface area contributed by atoms with Crippen molar-refractivity contribution >= 4 is 44.9 Å². The molecule has 0 fully saturated rings. The Bertz CT molecular complexity index is 1190. The maximum Gasteiger partial charge on any atom is 0.234 e. The fourth-order valence-corrected chi connectivity index (χ4v) is 6.00. The van der Waals surface area contributed by atoms with Crippen LogP contribution in [0.3, 0.4) is 0 Å². The number of benzene rings is 2. The van der Waals surface area contributed by atoms with Gasteiger partial charge in [-0.05, 0) is 54.5 Å². The highest BCUT2D eigenvalue weighted by Crippen LogP contribution is 2.39. The van der Waals surface area contributed by atoms with Crippen molar-refractivity contribution in [3.63, 3.8) is 0 Å². The first-order chi connectivity index (χ1) is 14.8. The third kappa shape index (κ3) is 3.98. The summed E-state index contributed by atoms with van der Waals surface area (Å²) >= 11 is 3.28. The zero-order chi connectivity index (χ0) is 20.3.